The Kier molecular flexibility index (Phi) is 3.63. The molecule has 2 aromatic carbocycles. The highest BCUT2D eigenvalue weighted by atomic mass is 19.1. The number of anilines is 1. The first-order chi connectivity index (χ1) is 14.3. The number of carboxylic acid groups (broad SMARTS) is 1. The molecule has 30 heavy (non-hydrogen) atoms. The molecule has 3 heterocycles. The van der Waals surface area contributed by atoms with Crippen molar-refractivity contribution >= 4 is 17.6 Å². The Bertz CT molecular complexity index is 1310. The molecule has 3 aromatic rings. The molecule has 1 unspecified atom stereocenters. The number of hydrogen-bond donors (Lipinski definition) is 1. The van der Waals surface area contributed by atoms with Gasteiger partial charge < -0.3 is 5.11 Å². The summed E-state index contributed by atoms with van der Waals surface area (Å²) < 4.78 is 28.3. The van der Waals surface area contributed by atoms with Crippen LogP contribution < -0.4 is 10.5 Å². The minimum atomic E-state index is -2.00. The molecule has 150 valence electrons. The minimum absolute atomic E-state index is 0.0168. The van der Waals surface area contributed by atoms with Crippen molar-refractivity contribution in [2.24, 2.45) is 0 Å². The fourth-order valence-corrected chi connectivity index (χ4v) is 4.03. The quantitative estimate of drug-likeness (QED) is 0.694. The third-order valence-corrected chi connectivity index (χ3v) is 5.37. The molecule has 1 amide bonds. The highest BCUT2D eigenvalue weighted by Crippen LogP contribution is 2.48. The Morgan fingerprint density at radius 2 is 1.77 bits per heavy atom. The lowest BCUT2D eigenvalue weighted by atomic mass is 10.00. The molecule has 0 aliphatic carbocycles. The van der Waals surface area contributed by atoms with Crippen molar-refractivity contribution in [2.45, 2.75) is 18.5 Å². The van der Waals surface area contributed by atoms with Crippen molar-refractivity contribution in [3.63, 3.8) is 0 Å². The molecule has 0 spiro atoms. The highest BCUT2D eigenvalue weighted by Gasteiger charge is 2.58. The van der Waals surface area contributed by atoms with Crippen molar-refractivity contribution in [2.75, 3.05) is 4.90 Å². The fraction of sp³-hybridized carbons (Fsp3) is 0.150. The maximum atomic E-state index is 14.0. The van der Waals surface area contributed by atoms with Gasteiger partial charge in [0.15, 0.2) is 11.5 Å². The van der Waals surface area contributed by atoms with Crippen LogP contribution in [0.1, 0.15) is 12.8 Å². The Morgan fingerprint density at radius 1 is 1.07 bits per heavy atom. The Hall–Kier alpha value is -3.95. The van der Waals surface area contributed by atoms with E-state index in [1.54, 1.807) is 0 Å². The van der Waals surface area contributed by atoms with Gasteiger partial charge in [-0.3, -0.25) is 14.5 Å². The number of halogens is 2. The van der Waals surface area contributed by atoms with Crippen molar-refractivity contribution in [3.8, 4) is 22.6 Å². The molecule has 1 aromatic heterocycles. The van der Waals surface area contributed by atoms with Crippen LogP contribution in [-0.4, -0.2) is 31.7 Å². The lowest BCUT2D eigenvalue weighted by molar-refractivity contribution is -0.148. The van der Waals surface area contributed by atoms with E-state index in [0.29, 0.717) is 0 Å². The van der Waals surface area contributed by atoms with Gasteiger partial charge in [-0.15, -0.1) is 0 Å². The molecule has 1 N–H and O–H groups in total. The molecule has 0 bridgehead atoms. The summed E-state index contributed by atoms with van der Waals surface area (Å²) >= 11 is 0. The van der Waals surface area contributed by atoms with Crippen molar-refractivity contribution < 1.29 is 23.5 Å². The predicted octanol–water partition coefficient (Wildman–Crippen LogP) is 2.13. The number of nitrogens with zero attached hydrogens (tertiary/aromatic N) is 4. The largest absolute Gasteiger partial charge is 0.478 e. The van der Waals surface area contributed by atoms with Gasteiger partial charge >= 0.3 is 5.97 Å². The number of hydrogen-bond acceptors (Lipinski definition) is 5. The number of benzene rings is 2. The minimum Gasteiger partial charge on any atom is -0.478 e. The zero-order chi connectivity index (χ0) is 21.2. The summed E-state index contributed by atoms with van der Waals surface area (Å²) in [6, 6.07) is 8.40. The van der Waals surface area contributed by atoms with E-state index >= 15 is 0 Å². The van der Waals surface area contributed by atoms with Gasteiger partial charge in [-0.2, -0.15) is 10.1 Å². The summed E-state index contributed by atoms with van der Waals surface area (Å²) in [5.74, 6) is -3.19. The Labute approximate surface area is 167 Å². The van der Waals surface area contributed by atoms with E-state index in [0.717, 1.165) is 33.8 Å². The van der Waals surface area contributed by atoms with E-state index in [-0.39, 0.29) is 41.2 Å². The number of carbonyl (C=O) groups is 2. The summed E-state index contributed by atoms with van der Waals surface area (Å²) in [5.41, 5.74) is -2.49. The first-order valence-corrected chi connectivity index (χ1v) is 8.97. The topological polar surface area (TPSA) is 105 Å². The van der Waals surface area contributed by atoms with Gasteiger partial charge in [0.25, 0.3) is 5.56 Å². The van der Waals surface area contributed by atoms with E-state index in [4.69, 9.17) is 0 Å². The maximum absolute atomic E-state index is 14.0. The van der Waals surface area contributed by atoms with Gasteiger partial charge in [0, 0.05) is 24.0 Å². The SMILES string of the molecule is O=C1CCC2(C(=O)O)N1c1cc(F)ccc1-c1nc(=O)c(-c3ccc(F)cc3)nn12. The zero-order valence-electron chi connectivity index (χ0n) is 15.2. The molecule has 5 rings (SSSR count). The molecule has 1 fully saturated rings. The third kappa shape index (κ3) is 2.27. The van der Waals surface area contributed by atoms with Crippen LogP contribution in [-0.2, 0) is 15.3 Å². The van der Waals surface area contributed by atoms with Gasteiger partial charge in [0.05, 0.1) is 5.69 Å². The maximum Gasteiger partial charge on any atom is 0.353 e. The van der Waals surface area contributed by atoms with Crippen molar-refractivity contribution in [1.29, 1.82) is 0 Å². The molecular weight excluding hydrogens is 398 g/mol. The second-order valence-electron chi connectivity index (χ2n) is 7.02. The third-order valence-electron chi connectivity index (χ3n) is 5.37. The summed E-state index contributed by atoms with van der Waals surface area (Å²) in [7, 11) is 0. The van der Waals surface area contributed by atoms with Crippen LogP contribution in [0.5, 0.6) is 0 Å². The number of carbonyl (C=O) groups excluding carboxylic acids is 1. The second kappa shape index (κ2) is 6.02. The Balaban J connectivity index is 1.87. The predicted molar refractivity (Wildman–Crippen MR) is 99.4 cm³/mol. The van der Waals surface area contributed by atoms with Crippen molar-refractivity contribution in [1.82, 2.24) is 14.8 Å². The zero-order valence-corrected chi connectivity index (χ0v) is 15.2. The molecule has 0 saturated carbocycles. The fourth-order valence-electron chi connectivity index (χ4n) is 4.03. The molecule has 8 nitrogen and oxygen atoms in total. The number of fused-ring (bicyclic) bond motifs is 6. The number of carboxylic acids is 1. The monoisotopic (exact) mass is 410 g/mol. The van der Waals surface area contributed by atoms with E-state index in [2.05, 4.69) is 10.1 Å². The van der Waals surface area contributed by atoms with E-state index in [1.807, 2.05) is 0 Å². The molecule has 0 radical (unpaired) electrons. The first-order valence-electron chi connectivity index (χ1n) is 8.97. The highest BCUT2D eigenvalue weighted by molar-refractivity contribution is 6.07. The lowest BCUT2D eigenvalue weighted by Gasteiger charge is -2.41. The number of aliphatic carboxylic acids is 1. The van der Waals surface area contributed by atoms with Gasteiger partial charge in [-0.05, 0) is 42.5 Å². The average Bonchev–Trinajstić information content (AvgIpc) is 3.07. The summed E-state index contributed by atoms with van der Waals surface area (Å²) in [6.07, 6.45) is -0.258. The molecule has 2 aliphatic rings. The van der Waals surface area contributed by atoms with Crippen LogP contribution in [0, 0.1) is 11.6 Å². The summed E-state index contributed by atoms with van der Waals surface area (Å²) in [5, 5.41) is 14.4. The molecular formula is C20H12F2N4O4. The average molecular weight is 410 g/mol. The smallest absolute Gasteiger partial charge is 0.353 e. The standard InChI is InChI=1S/C20H12F2N4O4/c21-11-3-1-10(2-4-11)16-18(28)23-17-13-6-5-12(22)9-14(13)25-15(27)7-8-20(25,19(29)30)26(17)24-16/h1-6,9H,7-8H2,(H,29,30). The van der Waals surface area contributed by atoms with Crippen LogP contribution in [0.2, 0.25) is 0 Å². The van der Waals surface area contributed by atoms with E-state index in [9.17, 15) is 28.3 Å². The first kappa shape index (κ1) is 18.1. The van der Waals surface area contributed by atoms with Gasteiger partial charge in [0.1, 0.15) is 11.6 Å². The van der Waals surface area contributed by atoms with Crippen LogP contribution in [0.25, 0.3) is 22.6 Å². The number of amides is 1. The lowest BCUT2D eigenvalue weighted by Crippen LogP contribution is -2.58. The van der Waals surface area contributed by atoms with Crippen LogP contribution in [0.15, 0.2) is 47.3 Å². The van der Waals surface area contributed by atoms with Crippen LogP contribution in [0.3, 0.4) is 0 Å². The Morgan fingerprint density at radius 3 is 2.47 bits per heavy atom. The molecule has 2 aliphatic heterocycles. The molecule has 1 saturated heterocycles. The summed E-state index contributed by atoms with van der Waals surface area (Å²) in [6.45, 7) is 0. The van der Waals surface area contributed by atoms with Crippen molar-refractivity contribution in [3.05, 3.63) is 64.5 Å². The molecule has 1 atom stereocenters. The second-order valence-corrected chi connectivity index (χ2v) is 7.02. The normalized spacial score (nSPS) is 19.3. The summed E-state index contributed by atoms with van der Waals surface area (Å²) in [4.78, 5) is 42.8. The molecule has 10 heteroatoms. The van der Waals surface area contributed by atoms with E-state index < -0.39 is 34.7 Å². The van der Waals surface area contributed by atoms with Crippen LogP contribution >= 0.6 is 0 Å². The van der Waals surface area contributed by atoms with Gasteiger partial charge in [0.2, 0.25) is 11.6 Å². The van der Waals surface area contributed by atoms with E-state index in [1.165, 1.54) is 18.2 Å². The number of aromatic nitrogens is 3. The van der Waals surface area contributed by atoms with Crippen LogP contribution in [0.4, 0.5) is 14.5 Å². The van der Waals surface area contributed by atoms with Gasteiger partial charge in [-0.25, -0.2) is 18.3 Å². The number of rotatable bonds is 2. The van der Waals surface area contributed by atoms with Gasteiger partial charge in [-0.1, -0.05) is 0 Å².